The maximum atomic E-state index is 12.3. The molecule has 2 N–H and O–H groups in total. The standard InChI is InChI=1S/C19H21BrN2O2/c1-4-13-7-6-8-14(5-2)17(13)22-19(24)18(23)21-15-9-10-16(20)12(3)11-15/h6-11H,4-5H2,1-3H3,(H,21,23)(H,22,24). The van der Waals surface area contributed by atoms with Gasteiger partial charge < -0.3 is 10.6 Å². The first-order chi connectivity index (χ1) is 11.5. The molecule has 24 heavy (non-hydrogen) atoms. The quantitative estimate of drug-likeness (QED) is 0.759. The molecule has 0 aromatic heterocycles. The van der Waals surface area contributed by atoms with Crippen molar-refractivity contribution in [3.8, 4) is 0 Å². The molecule has 0 aliphatic rings. The monoisotopic (exact) mass is 388 g/mol. The predicted molar refractivity (Wildman–Crippen MR) is 101 cm³/mol. The molecule has 0 fully saturated rings. The third-order valence-electron chi connectivity index (χ3n) is 3.86. The first-order valence-corrected chi connectivity index (χ1v) is 8.74. The van der Waals surface area contributed by atoms with E-state index in [0.29, 0.717) is 5.69 Å². The van der Waals surface area contributed by atoms with Gasteiger partial charge in [0.15, 0.2) is 0 Å². The zero-order chi connectivity index (χ0) is 17.7. The Hall–Kier alpha value is -2.14. The maximum Gasteiger partial charge on any atom is 0.314 e. The van der Waals surface area contributed by atoms with Gasteiger partial charge in [-0.15, -0.1) is 0 Å². The first-order valence-electron chi connectivity index (χ1n) is 7.95. The molecular formula is C19H21BrN2O2. The first kappa shape index (κ1) is 18.2. The fraction of sp³-hybridized carbons (Fsp3) is 0.263. The molecule has 4 nitrogen and oxygen atoms in total. The smallest absolute Gasteiger partial charge is 0.314 e. The van der Waals surface area contributed by atoms with Gasteiger partial charge in [0, 0.05) is 15.8 Å². The Morgan fingerprint density at radius 1 is 0.958 bits per heavy atom. The summed E-state index contributed by atoms with van der Waals surface area (Å²) < 4.78 is 0.953. The molecule has 0 heterocycles. The van der Waals surface area contributed by atoms with E-state index in [1.54, 1.807) is 6.07 Å². The van der Waals surface area contributed by atoms with Gasteiger partial charge in [0.2, 0.25) is 0 Å². The Kier molecular flexibility index (Phi) is 6.15. The molecule has 126 valence electrons. The predicted octanol–water partition coefficient (Wildman–Crippen LogP) is 4.46. The van der Waals surface area contributed by atoms with Crippen molar-refractivity contribution in [1.29, 1.82) is 0 Å². The van der Waals surface area contributed by atoms with E-state index in [1.807, 2.05) is 51.1 Å². The summed E-state index contributed by atoms with van der Waals surface area (Å²) in [5, 5.41) is 5.40. The maximum absolute atomic E-state index is 12.3. The summed E-state index contributed by atoms with van der Waals surface area (Å²) in [7, 11) is 0. The Balaban J connectivity index is 2.15. The summed E-state index contributed by atoms with van der Waals surface area (Å²) in [6, 6.07) is 11.3. The molecule has 0 spiro atoms. The minimum Gasteiger partial charge on any atom is -0.318 e. The van der Waals surface area contributed by atoms with Crippen molar-refractivity contribution < 1.29 is 9.59 Å². The summed E-state index contributed by atoms with van der Waals surface area (Å²) in [5.74, 6) is -1.34. The van der Waals surface area contributed by atoms with Gasteiger partial charge in [-0.1, -0.05) is 48.0 Å². The van der Waals surface area contributed by atoms with Crippen molar-refractivity contribution in [2.24, 2.45) is 0 Å². The van der Waals surface area contributed by atoms with Crippen LogP contribution >= 0.6 is 15.9 Å². The van der Waals surface area contributed by atoms with Crippen molar-refractivity contribution in [2.45, 2.75) is 33.6 Å². The summed E-state index contributed by atoms with van der Waals surface area (Å²) in [4.78, 5) is 24.4. The van der Waals surface area contributed by atoms with E-state index in [0.717, 1.165) is 39.7 Å². The van der Waals surface area contributed by atoms with Crippen LogP contribution in [0.1, 0.15) is 30.5 Å². The summed E-state index contributed by atoms with van der Waals surface area (Å²) >= 11 is 3.41. The topological polar surface area (TPSA) is 58.2 Å². The highest BCUT2D eigenvalue weighted by Crippen LogP contribution is 2.23. The van der Waals surface area contributed by atoms with Gasteiger partial charge in [-0.25, -0.2) is 0 Å². The minimum absolute atomic E-state index is 0.593. The van der Waals surface area contributed by atoms with Crippen molar-refractivity contribution >= 4 is 39.1 Å². The lowest BCUT2D eigenvalue weighted by Crippen LogP contribution is -2.30. The average molecular weight is 389 g/mol. The molecule has 2 aromatic rings. The number of nitrogens with one attached hydrogen (secondary N) is 2. The number of anilines is 2. The van der Waals surface area contributed by atoms with Crippen molar-refractivity contribution in [2.75, 3.05) is 10.6 Å². The Morgan fingerprint density at radius 2 is 1.54 bits per heavy atom. The Bertz CT molecular complexity index is 750. The largest absolute Gasteiger partial charge is 0.318 e. The Morgan fingerprint density at radius 3 is 2.08 bits per heavy atom. The number of carbonyl (C=O) groups is 2. The average Bonchev–Trinajstić information content (AvgIpc) is 2.58. The number of hydrogen-bond acceptors (Lipinski definition) is 2. The third kappa shape index (κ3) is 4.23. The molecule has 0 aliphatic heterocycles. The van der Waals surface area contributed by atoms with Gasteiger partial charge >= 0.3 is 11.8 Å². The second-order valence-electron chi connectivity index (χ2n) is 5.53. The number of para-hydroxylation sites is 1. The van der Waals surface area contributed by atoms with E-state index in [4.69, 9.17) is 0 Å². The number of carbonyl (C=O) groups excluding carboxylic acids is 2. The van der Waals surface area contributed by atoms with Crippen molar-refractivity contribution in [3.05, 3.63) is 57.6 Å². The lowest BCUT2D eigenvalue weighted by atomic mass is 10.0. The highest BCUT2D eigenvalue weighted by atomic mass is 79.9. The molecule has 2 amide bonds. The van der Waals surface area contributed by atoms with Gasteiger partial charge in [0.1, 0.15) is 0 Å². The molecule has 2 rings (SSSR count). The molecule has 5 heteroatoms. The van der Waals surface area contributed by atoms with Crippen LogP contribution in [0.25, 0.3) is 0 Å². The van der Waals surface area contributed by atoms with Crippen LogP contribution in [0, 0.1) is 6.92 Å². The zero-order valence-corrected chi connectivity index (χ0v) is 15.7. The summed E-state index contributed by atoms with van der Waals surface area (Å²) in [5.41, 5.74) is 4.37. The Labute approximate surface area is 150 Å². The van der Waals surface area contributed by atoms with E-state index < -0.39 is 11.8 Å². The van der Waals surface area contributed by atoms with Crippen molar-refractivity contribution in [3.63, 3.8) is 0 Å². The molecule has 0 saturated heterocycles. The lowest BCUT2D eigenvalue weighted by Gasteiger charge is -2.14. The normalized spacial score (nSPS) is 10.3. The highest BCUT2D eigenvalue weighted by molar-refractivity contribution is 9.10. The SMILES string of the molecule is CCc1cccc(CC)c1NC(=O)C(=O)Nc1ccc(Br)c(C)c1. The fourth-order valence-corrected chi connectivity index (χ4v) is 2.73. The van der Waals surface area contributed by atoms with Crippen LogP contribution in [0.4, 0.5) is 11.4 Å². The number of hydrogen-bond donors (Lipinski definition) is 2. The van der Waals surface area contributed by atoms with Crippen LogP contribution in [-0.2, 0) is 22.4 Å². The van der Waals surface area contributed by atoms with Crippen LogP contribution in [0.5, 0.6) is 0 Å². The fourth-order valence-electron chi connectivity index (χ4n) is 2.48. The van der Waals surface area contributed by atoms with Crippen LogP contribution in [0.2, 0.25) is 0 Å². The molecule has 0 saturated carbocycles. The number of halogens is 1. The van der Waals surface area contributed by atoms with Crippen LogP contribution in [0.3, 0.4) is 0 Å². The molecule has 0 atom stereocenters. The molecule has 2 aromatic carbocycles. The molecule has 0 unspecified atom stereocenters. The zero-order valence-electron chi connectivity index (χ0n) is 14.1. The van der Waals surface area contributed by atoms with E-state index in [9.17, 15) is 9.59 Å². The molecule has 0 aliphatic carbocycles. The number of amides is 2. The van der Waals surface area contributed by atoms with Gasteiger partial charge in [0.05, 0.1) is 0 Å². The van der Waals surface area contributed by atoms with E-state index >= 15 is 0 Å². The third-order valence-corrected chi connectivity index (χ3v) is 4.75. The van der Waals surface area contributed by atoms with Gasteiger partial charge in [0.25, 0.3) is 0 Å². The number of rotatable bonds is 4. The second kappa shape index (κ2) is 8.11. The summed E-state index contributed by atoms with van der Waals surface area (Å²) in [6.45, 7) is 5.97. The highest BCUT2D eigenvalue weighted by Gasteiger charge is 2.17. The van der Waals surface area contributed by atoms with Gasteiger partial charge in [-0.2, -0.15) is 0 Å². The van der Waals surface area contributed by atoms with Gasteiger partial charge in [-0.3, -0.25) is 9.59 Å². The lowest BCUT2D eigenvalue weighted by molar-refractivity contribution is -0.133. The number of aryl methyl sites for hydroxylation is 3. The molecule has 0 bridgehead atoms. The van der Waals surface area contributed by atoms with E-state index in [1.165, 1.54) is 0 Å². The second-order valence-corrected chi connectivity index (χ2v) is 6.38. The van der Waals surface area contributed by atoms with E-state index in [2.05, 4.69) is 26.6 Å². The number of benzene rings is 2. The van der Waals surface area contributed by atoms with Crippen LogP contribution in [-0.4, -0.2) is 11.8 Å². The van der Waals surface area contributed by atoms with E-state index in [-0.39, 0.29) is 0 Å². The van der Waals surface area contributed by atoms with Gasteiger partial charge in [-0.05, 0) is 54.7 Å². The molecule has 0 radical (unpaired) electrons. The minimum atomic E-state index is -0.676. The summed E-state index contributed by atoms with van der Waals surface area (Å²) in [6.07, 6.45) is 1.58. The van der Waals surface area contributed by atoms with Crippen molar-refractivity contribution in [1.82, 2.24) is 0 Å². The van der Waals surface area contributed by atoms with Crippen LogP contribution in [0.15, 0.2) is 40.9 Å². The molecular weight excluding hydrogens is 368 g/mol. The van der Waals surface area contributed by atoms with Crippen LogP contribution < -0.4 is 10.6 Å².